The second-order valence-corrected chi connectivity index (χ2v) is 9.71. The molecule has 0 unspecified atom stereocenters. The summed E-state index contributed by atoms with van der Waals surface area (Å²) in [5.74, 6) is -0.299. The van der Waals surface area contributed by atoms with Gasteiger partial charge in [-0.15, -0.1) is 10.2 Å². The van der Waals surface area contributed by atoms with Gasteiger partial charge in [-0.1, -0.05) is 30.3 Å². The smallest absolute Gasteiger partial charge is 0.408 e. The van der Waals surface area contributed by atoms with Crippen LogP contribution in [0.5, 0.6) is 0 Å². The van der Waals surface area contributed by atoms with Crippen LogP contribution in [0.1, 0.15) is 52.0 Å². The van der Waals surface area contributed by atoms with Crippen molar-refractivity contribution >= 4 is 23.3 Å². The van der Waals surface area contributed by atoms with E-state index in [9.17, 15) is 19.7 Å². The number of carbonyl (C=O) groups is 2. The highest BCUT2D eigenvalue weighted by atomic mass is 16.6. The molecule has 12 heteroatoms. The Bertz CT molecular complexity index is 1230. The number of carbonyl (C=O) groups excluding carboxylic acids is 2. The summed E-state index contributed by atoms with van der Waals surface area (Å²) < 4.78 is 12.5. The van der Waals surface area contributed by atoms with E-state index in [1.807, 2.05) is 30.3 Å². The minimum atomic E-state index is -1.35. The number of hydrogen-bond donors (Lipinski definition) is 2. The molecule has 0 aliphatic carbocycles. The highest BCUT2D eigenvalue weighted by molar-refractivity contribution is 5.89. The normalized spacial score (nSPS) is 12.7. The van der Waals surface area contributed by atoms with Crippen LogP contribution in [-0.2, 0) is 20.9 Å². The van der Waals surface area contributed by atoms with Gasteiger partial charge >= 0.3 is 6.09 Å². The summed E-state index contributed by atoms with van der Waals surface area (Å²) in [6, 6.07) is 11.4. The Hall–Kier alpha value is -4.06. The summed E-state index contributed by atoms with van der Waals surface area (Å²) in [5.41, 5.74) is -0.961. The Morgan fingerprint density at radius 3 is 2.42 bits per heavy atom. The van der Waals surface area contributed by atoms with E-state index in [4.69, 9.17) is 9.47 Å². The molecule has 2 N–H and O–H groups in total. The first kappa shape index (κ1) is 26.5. The second-order valence-electron chi connectivity index (χ2n) is 9.71. The van der Waals surface area contributed by atoms with Crippen molar-refractivity contribution in [2.45, 2.75) is 58.4 Å². The number of amides is 2. The molecule has 3 rings (SSSR count). The van der Waals surface area contributed by atoms with Crippen molar-refractivity contribution in [3.63, 3.8) is 0 Å². The monoisotopic (exact) mass is 498 g/mol. The first-order valence-electron chi connectivity index (χ1n) is 11.3. The van der Waals surface area contributed by atoms with Gasteiger partial charge in [0.15, 0.2) is 11.5 Å². The van der Waals surface area contributed by atoms with E-state index in [0.29, 0.717) is 5.65 Å². The molecule has 0 fully saturated rings. The lowest BCUT2D eigenvalue weighted by Crippen LogP contribution is -2.56. The molecule has 3 aromatic rings. The Balaban J connectivity index is 1.84. The molecule has 12 nitrogen and oxygen atoms in total. The van der Waals surface area contributed by atoms with E-state index < -0.39 is 34.1 Å². The molecule has 0 radical (unpaired) electrons. The third-order valence-electron chi connectivity index (χ3n) is 5.02. The fourth-order valence-corrected chi connectivity index (χ4v) is 3.25. The zero-order valence-electron chi connectivity index (χ0n) is 20.8. The fourth-order valence-electron chi connectivity index (χ4n) is 3.25. The molecule has 36 heavy (non-hydrogen) atoms. The molecule has 0 aliphatic heterocycles. The van der Waals surface area contributed by atoms with Crippen LogP contribution in [0, 0.1) is 10.1 Å². The van der Waals surface area contributed by atoms with E-state index in [-0.39, 0.29) is 24.7 Å². The number of nitrogens with one attached hydrogen (secondary N) is 2. The molecule has 0 saturated carbocycles. The molecule has 0 saturated heterocycles. The maximum absolute atomic E-state index is 13.2. The Morgan fingerprint density at radius 2 is 1.78 bits per heavy atom. The van der Waals surface area contributed by atoms with Crippen molar-refractivity contribution in [2.75, 3.05) is 6.61 Å². The van der Waals surface area contributed by atoms with Crippen molar-refractivity contribution in [1.29, 1.82) is 0 Å². The third kappa shape index (κ3) is 6.98. The first-order chi connectivity index (χ1) is 16.9. The van der Waals surface area contributed by atoms with Crippen molar-refractivity contribution in [3.8, 4) is 0 Å². The van der Waals surface area contributed by atoms with Gasteiger partial charge in [0.25, 0.3) is 5.69 Å². The van der Waals surface area contributed by atoms with Gasteiger partial charge in [0.05, 0.1) is 24.3 Å². The van der Waals surface area contributed by atoms with Crippen molar-refractivity contribution < 1.29 is 24.0 Å². The van der Waals surface area contributed by atoms with Gasteiger partial charge in [-0.25, -0.2) is 4.79 Å². The maximum atomic E-state index is 13.2. The summed E-state index contributed by atoms with van der Waals surface area (Å²) in [6.45, 7) is 8.47. The molecule has 2 amide bonds. The first-order valence-corrected chi connectivity index (χ1v) is 11.3. The van der Waals surface area contributed by atoms with Crippen LogP contribution in [0.4, 0.5) is 10.5 Å². The molecule has 2 aromatic heterocycles. The zero-order chi connectivity index (χ0) is 26.5. The van der Waals surface area contributed by atoms with Crippen LogP contribution >= 0.6 is 0 Å². The molecule has 0 aliphatic rings. The largest absolute Gasteiger partial charge is 0.444 e. The molecule has 192 valence electrons. The molecule has 0 bridgehead atoms. The lowest BCUT2D eigenvalue weighted by atomic mass is 10.0. The highest BCUT2D eigenvalue weighted by Gasteiger charge is 2.34. The molecule has 2 heterocycles. The highest BCUT2D eigenvalue weighted by Crippen LogP contribution is 2.20. The average Bonchev–Trinajstić information content (AvgIpc) is 3.20. The summed E-state index contributed by atoms with van der Waals surface area (Å²) in [4.78, 5) is 36.2. The lowest BCUT2D eigenvalue weighted by molar-refractivity contribution is -0.385. The van der Waals surface area contributed by atoms with Gasteiger partial charge in [0, 0.05) is 6.07 Å². The van der Waals surface area contributed by atoms with E-state index in [0.717, 1.165) is 5.56 Å². The van der Waals surface area contributed by atoms with E-state index in [1.165, 1.54) is 36.6 Å². The Kier molecular flexibility index (Phi) is 7.88. The zero-order valence-corrected chi connectivity index (χ0v) is 20.8. The van der Waals surface area contributed by atoms with Crippen LogP contribution in [0.25, 0.3) is 5.65 Å². The average molecular weight is 499 g/mol. The predicted octanol–water partition coefficient (Wildman–Crippen LogP) is 3.31. The van der Waals surface area contributed by atoms with Crippen LogP contribution in [0.15, 0.2) is 48.7 Å². The quantitative estimate of drug-likeness (QED) is 0.337. The summed E-state index contributed by atoms with van der Waals surface area (Å²) in [6.07, 6.45) is 0.536. The van der Waals surface area contributed by atoms with Crippen molar-refractivity contribution in [3.05, 3.63) is 70.2 Å². The summed E-state index contributed by atoms with van der Waals surface area (Å²) in [7, 11) is 0. The summed E-state index contributed by atoms with van der Waals surface area (Å²) in [5, 5.41) is 24.9. The molecule has 1 aromatic carbocycles. The lowest BCUT2D eigenvalue weighted by Gasteiger charge is -2.29. The van der Waals surface area contributed by atoms with Gasteiger partial charge in [-0.05, 0) is 46.2 Å². The molecule has 0 spiro atoms. The number of benzene rings is 1. The van der Waals surface area contributed by atoms with Crippen LogP contribution in [-0.4, -0.2) is 49.3 Å². The van der Waals surface area contributed by atoms with Crippen LogP contribution in [0.3, 0.4) is 0 Å². The number of alkyl carbamates (subject to hydrolysis) is 1. The number of fused-ring (bicyclic) bond motifs is 1. The van der Waals surface area contributed by atoms with Crippen LogP contribution < -0.4 is 10.6 Å². The van der Waals surface area contributed by atoms with Gasteiger partial charge in [0.1, 0.15) is 17.2 Å². The van der Waals surface area contributed by atoms with Gasteiger partial charge < -0.3 is 20.1 Å². The number of aromatic nitrogens is 3. The SMILES string of the molecule is CC(C)(C)OC(=O)NC(C)(C)C(=O)N[C@H](COCc1ccccc1)c1nnc2ccc([N+](=O)[O-])cn12. The van der Waals surface area contributed by atoms with E-state index in [2.05, 4.69) is 20.8 Å². The number of nitro groups is 1. The molecular formula is C24H30N6O6. The molecular weight excluding hydrogens is 468 g/mol. The van der Waals surface area contributed by atoms with E-state index in [1.54, 1.807) is 20.8 Å². The fraction of sp³-hybridized carbons (Fsp3) is 0.417. The topological polar surface area (TPSA) is 150 Å². The molecule has 1 atom stereocenters. The Morgan fingerprint density at radius 1 is 1.08 bits per heavy atom. The van der Waals surface area contributed by atoms with Gasteiger partial charge in [-0.2, -0.15) is 0 Å². The standard InChI is InChI=1S/C24H30N6O6/c1-23(2,3)36-22(32)26-24(4,5)21(31)25-18(15-35-14-16-9-7-6-8-10-16)20-28-27-19-12-11-17(30(33)34)13-29(19)20/h6-13,18H,14-15H2,1-5H3,(H,25,31)(H,26,32)/t18-/m1/s1. The number of pyridine rings is 1. The van der Waals surface area contributed by atoms with Crippen LogP contribution in [0.2, 0.25) is 0 Å². The number of rotatable bonds is 9. The van der Waals surface area contributed by atoms with Crippen molar-refractivity contribution in [2.24, 2.45) is 0 Å². The van der Waals surface area contributed by atoms with Gasteiger partial charge in [0.2, 0.25) is 5.91 Å². The summed E-state index contributed by atoms with van der Waals surface area (Å²) >= 11 is 0. The number of nitrogens with zero attached hydrogens (tertiary/aromatic N) is 4. The Labute approximate surface area is 208 Å². The van der Waals surface area contributed by atoms with Gasteiger partial charge in [-0.3, -0.25) is 19.3 Å². The second kappa shape index (κ2) is 10.7. The predicted molar refractivity (Wildman–Crippen MR) is 130 cm³/mol. The third-order valence-corrected chi connectivity index (χ3v) is 5.02. The minimum absolute atomic E-state index is 0.00730. The maximum Gasteiger partial charge on any atom is 0.408 e. The number of hydrogen-bond acceptors (Lipinski definition) is 8. The van der Waals surface area contributed by atoms with Crippen molar-refractivity contribution in [1.82, 2.24) is 25.2 Å². The number of ether oxygens (including phenoxy) is 2. The van der Waals surface area contributed by atoms with E-state index >= 15 is 0 Å². The minimum Gasteiger partial charge on any atom is -0.444 e.